The number of ether oxygens (including phenoxy) is 1. The quantitative estimate of drug-likeness (QED) is 0.307. The Balaban J connectivity index is 0.00000304. The lowest BCUT2D eigenvalue weighted by atomic mass is 9.75. The van der Waals surface area contributed by atoms with Crippen molar-refractivity contribution in [3.05, 3.63) is 63.1 Å². The van der Waals surface area contributed by atoms with Gasteiger partial charge < -0.3 is 4.74 Å². The average Bonchev–Trinajstić information content (AvgIpc) is 3.33. The van der Waals surface area contributed by atoms with E-state index in [-0.39, 0.29) is 23.4 Å². The van der Waals surface area contributed by atoms with E-state index < -0.39 is 9.84 Å². The van der Waals surface area contributed by atoms with Gasteiger partial charge in [0.2, 0.25) is 0 Å². The van der Waals surface area contributed by atoms with Crippen LogP contribution in [0.1, 0.15) is 67.6 Å². The molecule has 1 saturated carbocycles. The summed E-state index contributed by atoms with van der Waals surface area (Å²) < 4.78 is 30.8. The zero-order valence-corrected chi connectivity index (χ0v) is 23.8. The SMILES string of the molecule is Cl.O=S(=O)(CCCOc1ccc2c(c1)C(Cc1ccc(Cl)c(Cl)c1)C(N1CCCC1)CC2)C1CCC1. The first-order chi connectivity index (χ1) is 16.9. The molecule has 0 amide bonds. The van der Waals surface area contributed by atoms with Gasteiger partial charge in [0, 0.05) is 12.0 Å². The van der Waals surface area contributed by atoms with Gasteiger partial charge in [-0.05, 0) is 105 Å². The summed E-state index contributed by atoms with van der Waals surface area (Å²) in [5.41, 5.74) is 3.96. The lowest BCUT2D eigenvalue weighted by Crippen LogP contribution is -2.41. The summed E-state index contributed by atoms with van der Waals surface area (Å²) in [5, 5.41) is 1.08. The number of hydrogen-bond acceptors (Lipinski definition) is 4. The first-order valence-corrected chi connectivity index (χ1v) is 15.5. The number of rotatable bonds is 9. The molecule has 4 nitrogen and oxygen atoms in total. The molecule has 2 unspecified atom stereocenters. The standard InChI is InChI=1S/C28H35Cl2NO3S.ClH/c29-26-11-7-20(18-27(26)30)17-25-24-19-22(34-15-4-16-35(32,33)23-5-3-6-23)10-8-21(24)9-12-28(25)31-13-1-2-14-31;/h7-8,10-11,18-19,23,25,28H,1-6,9,12-17H2;1H. The largest absolute Gasteiger partial charge is 0.494 e. The molecule has 2 aromatic carbocycles. The van der Waals surface area contributed by atoms with Gasteiger partial charge >= 0.3 is 0 Å². The number of benzene rings is 2. The Morgan fingerprint density at radius 3 is 2.42 bits per heavy atom. The molecule has 0 bridgehead atoms. The number of aryl methyl sites for hydroxylation is 1. The first-order valence-electron chi connectivity index (χ1n) is 13.1. The predicted molar refractivity (Wildman–Crippen MR) is 151 cm³/mol. The van der Waals surface area contributed by atoms with Crippen LogP contribution in [0, 0.1) is 0 Å². The molecular formula is C28H36Cl3NO3S. The highest BCUT2D eigenvalue weighted by Crippen LogP contribution is 2.40. The molecule has 1 aliphatic heterocycles. The first kappa shape index (κ1) is 28.0. The molecule has 5 rings (SSSR count). The fourth-order valence-corrected chi connectivity index (χ4v) is 8.20. The normalized spacial score (nSPS) is 22.5. The molecule has 1 heterocycles. The molecular weight excluding hydrogens is 537 g/mol. The number of fused-ring (bicyclic) bond motifs is 1. The zero-order valence-electron chi connectivity index (χ0n) is 20.6. The summed E-state index contributed by atoms with van der Waals surface area (Å²) in [5.74, 6) is 1.42. The van der Waals surface area contributed by atoms with Crippen LogP contribution in [0.25, 0.3) is 0 Å². The molecule has 2 fully saturated rings. The summed E-state index contributed by atoms with van der Waals surface area (Å²) in [4.78, 5) is 2.67. The van der Waals surface area contributed by atoms with Crippen molar-refractivity contribution < 1.29 is 13.2 Å². The van der Waals surface area contributed by atoms with E-state index in [1.54, 1.807) is 0 Å². The highest BCUT2D eigenvalue weighted by molar-refractivity contribution is 7.92. The molecule has 2 atom stereocenters. The highest BCUT2D eigenvalue weighted by Gasteiger charge is 2.35. The van der Waals surface area contributed by atoms with Crippen molar-refractivity contribution >= 4 is 45.4 Å². The second-order valence-electron chi connectivity index (χ2n) is 10.4. The van der Waals surface area contributed by atoms with Crippen molar-refractivity contribution in [3.63, 3.8) is 0 Å². The average molecular weight is 573 g/mol. The molecule has 2 aromatic rings. The van der Waals surface area contributed by atoms with Crippen LogP contribution >= 0.6 is 35.6 Å². The second-order valence-corrected chi connectivity index (χ2v) is 13.6. The minimum absolute atomic E-state index is 0. The van der Waals surface area contributed by atoms with E-state index in [0.717, 1.165) is 44.3 Å². The Kier molecular flexibility index (Phi) is 9.54. The third-order valence-electron chi connectivity index (χ3n) is 8.14. The fourth-order valence-electron chi connectivity index (χ4n) is 5.97. The third-order valence-corrected chi connectivity index (χ3v) is 11.2. The van der Waals surface area contributed by atoms with Gasteiger partial charge in [-0.1, -0.05) is 41.8 Å². The zero-order chi connectivity index (χ0) is 24.4. The third kappa shape index (κ3) is 6.35. The summed E-state index contributed by atoms with van der Waals surface area (Å²) in [6.45, 7) is 2.77. The minimum atomic E-state index is -2.96. The number of nitrogens with zero attached hydrogens (tertiary/aromatic N) is 1. The molecule has 0 N–H and O–H groups in total. The van der Waals surface area contributed by atoms with E-state index in [4.69, 9.17) is 27.9 Å². The van der Waals surface area contributed by atoms with Crippen molar-refractivity contribution in [2.24, 2.45) is 0 Å². The Hall–Kier alpha value is -0.980. The van der Waals surface area contributed by atoms with Gasteiger partial charge in [0.15, 0.2) is 9.84 Å². The molecule has 0 radical (unpaired) electrons. The van der Waals surface area contributed by atoms with Crippen molar-refractivity contribution in [3.8, 4) is 5.75 Å². The molecule has 36 heavy (non-hydrogen) atoms. The van der Waals surface area contributed by atoms with Gasteiger partial charge in [-0.15, -0.1) is 12.4 Å². The number of likely N-dealkylation sites (tertiary alicyclic amines) is 1. The number of hydrogen-bond donors (Lipinski definition) is 0. The predicted octanol–water partition coefficient (Wildman–Crippen LogP) is 6.89. The lowest BCUT2D eigenvalue weighted by molar-refractivity contribution is 0.188. The van der Waals surface area contributed by atoms with Gasteiger partial charge in [0.05, 0.1) is 27.7 Å². The van der Waals surface area contributed by atoms with E-state index in [1.165, 1.54) is 42.6 Å². The highest BCUT2D eigenvalue weighted by atomic mass is 35.5. The summed E-state index contributed by atoms with van der Waals surface area (Å²) in [6.07, 6.45) is 8.93. The van der Waals surface area contributed by atoms with Crippen molar-refractivity contribution in [1.29, 1.82) is 0 Å². The van der Waals surface area contributed by atoms with E-state index in [9.17, 15) is 8.42 Å². The Labute approximate surface area is 232 Å². The van der Waals surface area contributed by atoms with Crippen LogP contribution in [-0.2, 0) is 22.7 Å². The maximum Gasteiger partial charge on any atom is 0.153 e. The van der Waals surface area contributed by atoms with Gasteiger partial charge in [-0.25, -0.2) is 8.42 Å². The van der Waals surface area contributed by atoms with Crippen LogP contribution in [0.2, 0.25) is 10.0 Å². The van der Waals surface area contributed by atoms with Gasteiger partial charge in [-0.2, -0.15) is 0 Å². The van der Waals surface area contributed by atoms with Crippen LogP contribution in [0.3, 0.4) is 0 Å². The van der Waals surface area contributed by atoms with E-state index in [1.807, 2.05) is 18.2 Å². The summed E-state index contributed by atoms with van der Waals surface area (Å²) >= 11 is 12.5. The molecule has 2 aliphatic carbocycles. The fraction of sp³-hybridized carbons (Fsp3) is 0.571. The van der Waals surface area contributed by atoms with Crippen molar-refractivity contribution in [1.82, 2.24) is 4.90 Å². The molecule has 1 saturated heterocycles. The number of sulfone groups is 1. The molecule has 198 valence electrons. The molecule has 0 spiro atoms. The summed E-state index contributed by atoms with van der Waals surface area (Å²) in [6, 6.07) is 12.9. The minimum Gasteiger partial charge on any atom is -0.494 e. The second kappa shape index (κ2) is 12.3. The Bertz CT molecular complexity index is 1150. The number of halogens is 3. The van der Waals surface area contributed by atoms with Crippen LogP contribution in [0.15, 0.2) is 36.4 Å². The van der Waals surface area contributed by atoms with Crippen molar-refractivity contribution in [2.75, 3.05) is 25.4 Å². The van der Waals surface area contributed by atoms with Crippen molar-refractivity contribution in [2.45, 2.75) is 75.0 Å². The van der Waals surface area contributed by atoms with Crippen LogP contribution in [-0.4, -0.2) is 50.1 Å². The molecule has 0 aromatic heterocycles. The topological polar surface area (TPSA) is 46.6 Å². The smallest absolute Gasteiger partial charge is 0.153 e. The van der Waals surface area contributed by atoms with Crippen LogP contribution < -0.4 is 4.74 Å². The van der Waals surface area contributed by atoms with Gasteiger partial charge in [0.1, 0.15) is 5.75 Å². The van der Waals surface area contributed by atoms with Crippen LogP contribution in [0.5, 0.6) is 5.75 Å². The van der Waals surface area contributed by atoms with Gasteiger partial charge in [-0.3, -0.25) is 4.90 Å². The lowest BCUT2D eigenvalue weighted by Gasteiger charge is -2.39. The Morgan fingerprint density at radius 2 is 1.72 bits per heavy atom. The molecule has 3 aliphatic rings. The summed E-state index contributed by atoms with van der Waals surface area (Å²) in [7, 11) is -2.96. The van der Waals surface area contributed by atoms with Crippen LogP contribution in [0.4, 0.5) is 0 Å². The van der Waals surface area contributed by atoms with E-state index in [2.05, 4.69) is 23.1 Å². The van der Waals surface area contributed by atoms with E-state index in [0.29, 0.717) is 35.0 Å². The molecule has 8 heteroatoms. The van der Waals surface area contributed by atoms with E-state index >= 15 is 0 Å². The Morgan fingerprint density at radius 1 is 0.944 bits per heavy atom. The maximum absolute atomic E-state index is 12.4. The van der Waals surface area contributed by atoms with Gasteiger partial charge in [0.25, 0.3) is 0 Å². The maximum atomic E-state index is 12.4. The monoisotopic (exact) mass is 571 g/mol.